The van der Waals surface area contributed by atoms with Crippen LogP contribution in [0.2, 0.25) is 0 Å². The van der Waals surface area contributed by atoms with Crippen molar-refractivity contribution in [1.82, 2.24) is 9.88 Å². The number of rotatable bonds is 7. The summed E-state index contributed by atoms with van der Waals surface area (Å²) in [4.78, 5) is 27.7. The number of carbonyl (C=O) groups is 2. The molecule has 0 aromatic carbocycles. The molecule has 0 aliphatic carbocycles. The number of carboxylic acid groups (broad SMARTS) is 1. The van der Waals surface area contributed by atoms with Gasteiger partial charge < -0.3 is 14.7 Å². The Balaban J connectivity index is 2.89. The molecule has 0 unspecified atom stereocenters. The van der Waals surface area contributed by atoms with E-state index >= 15 is 0 Å². The van der Waals surface area contributed by atoms with Crippen LogP contribution in [0.1, 0.15) is 23.7 Å². The Morgan fingerprint density at radius 3 is 2.64 bits per heavy atom. The summed E-state index contributed by atoms with van der Waals surface area (Å²) in [5.41, 5.74) is -0.140. The fourth-order valence-corrected chi connectivity index (χ4v) is 1.62. The lowest BCUT2D eigenvalue weighted by atomic mass is 10.2. The zero-order valence-electron chi connectivity index (χ0n) is 11.8. The smallest absolute Gasteiger partial charge is 0.422 e. The van der Waals surface area contributed by atoms with Crippen LogP contribution in [0, 0.1) is 0 Å². The summed E-state index contributed by atoms with van der Waals surface area (Å²) in [5, 5.41) is 8.64. The van der Waals surface area contributed by atoms with Crippen molar-refractivity contribution in [2.24, 2.45) is 0 Å². The van der Waals surface area contributed by atoms with Crippen molar-refractivity contribution in [1.29, 1.82) is 0 Å². The second-order valence-corrected chi connectivity index (χ2v) is 4.29. The van der Waals surface area contributed by atoms with Crippen molar-refractivity contribution in [2.75, 3.05) is 19.7 Å². The fraction of sp³-hybridized carbons (Fsp3) is 0.462. The zero-order chi connectivity index (χ0) is 16.8. The van der Waals surface area contributed by atoms with Crippen LogP contribution in [-0.2, 0) is 4.79 Å². The highest BCUT2D eigenvalue weighted by Gasteiger charge is 2.30. The number of amides is 1. The molecule has 0 aliphatic heterocycles. The first-order valence-electron chi connectivity index (χ1n) is 6.40. The third-order valence-corrected chi connectivity index (χ3v) is 2.64. The van der Waals surface area contributed by atoms with Gasteiger partial charge in [0.25, 0.3) is 5.91 Å². The Bertz CT molecular complexity index is 534. The molecule has 1 aromatic heterocycles. The van der Waals surface area contributed by atoms with Gasteiger partial charge in [0.15, 0.2) is 6.61 Å². The number of ether oxygens (including phenoxy) is 1. The van der Waals surface area contributed by atoms with Crippen molar-refractivity contribution >= 4 is 11.9 Å². The van der Waals surface area contributed by atoms with E-state index in [4.69, 9.17) is 5.11 Å². The SMILES string of the molecule is CCN(CCC(=O)O)C(=O)c1cccnc1OCC(F)(F)F. The van der Waals surface area contributed by atoms with Gasteiger partial charge in [0.1, 0.15) is 5.56 Å². The van der Waals surface area contributed by atoms with E-state index in [2.05, 4.69) is 9.72 Å². The second-order valence-electron chi connectivity index (χ2n) is 4.29. The van der Waals surface area contributed by atoms with E-state index in [1.807, 2.05) is 0 Å². The molecule has 0 spiro atoms. The first-order chi connectivity index (χ1) is 10.2. The number of nitrogens with zero attached hydrogens (tertiary/aromatic N) is 2. The number of aromatic nitrogens is 1. The molecule has 9 heteroatoms. The van der Waals surface area contributed by atoms with Gasteiger partial charge in [0.2, 0.25) is 5.88 Å². The molecule has 0 fully saturated rings. The number of alkyl halides is 3. The average molecular weight is 320 g/mol. The predicted octanol–water partition coefficient (Wildman–Crippen LogP) is 1.96. The van der Waals surface area contributed by atoms with E-state index in [1.54, 1.807) is 6.92 Å². The number of hydrogen-bond donors (Lipinski definition) is 1. The Morgan fingerprint density at radius 2 is 2.09 bits per heavy atom. The molecule has 0 saturated heterocycles. The summed E-state index contributed by atoms with van der Waals surface area (Å²) < 4.78 is 41.1. The van der Waals surface area contributed by atoms with E-state index in [1.165, 1.54) is 23.2 Å². The topological polar surface area (TPSA) is 79.7 Å². The Hall–Kier alpha value is -2.32. The molecule has 1 rings (SSSR count). The standard InChI is InChI=1S/C13H15F3N2O4/c1-2-18(7-5-10(19)20)12(21)9-4-3-6-17-11(9)22-8-13(14,15)16/h3-4,6H,2,5,7-8H2,1H3,(H,19,20). The summed E-state index contributed by atoms with van der Waals surface area (Å²) in [5.74, 6) is -2.14. The molecule has 122 valence electrons. The maximum absolute atomic E-state index is 12.3. The lowest BCUT2D eigenvalue weighted by Crippen LogP contribution is -2.33. The van der Waals surface area contributed by atoms with Crippen LogP contribution < -0.4 is 4.74 Å². The number of pyridine rings is 1. The van der Waals surface area contributed by atoms with Crippen LogP contribution in [0.15, 0.2) is 18.3 Å². The first-order valence-corrected chi connectivity index (χ1v) is 6.40. The number of hydrogen-bond acceptors (Lipinski definition) is 4. The van der Waals surface area contributed by atoms with Crippen LogP contribution >= 0.6 is 0 Å². The molecule has 0 saturated carbocycles. The van der Waals surface area contributed by atoms with Crippen molar-refractivity contribution in [3.8, 4) is 5.88 Å². The molecule has 0 bridgehead atoms. The highest BCUT2D eigenvalue weighted by atomic mass is 19.4. The van der Waals surface area contributed by atoms with Crippen molar-refractivity contribution < 1.29 is 32.6 Å². The highest BCUT2D eigenvalue weighted by Crippen LogP contribution is 2.21. The van der Waals surface area contributed by atoms with Crippen LogP contribution in [0.4, 0.5) is 13.2 Å². The average Bonchev–Trinajstić information content (AvgIpc) is 2.44. The predicted molar refractivity (Wildman–Crippen MR) is 69.6 cm³/mol. The molecule has 0 radical (unpaired) electrons. The molecular formula is C13H15F3N2O4. The van der Waals surface area contributed by atoms with E-state index in [9.17, 15) is 22.8 Å². The minimum absolute atomic E-state index is 0.0573. The summed E-state index contributed by atoms with van der Waals surface area (Å²) in [6.45, 7) is 0.218. The molecular weight excluding hydrogens is 305 g/mol. The third kappa shape index (κ3) is 5.58. The number of halogens is 3. The number of carboxylic acids is 1. The fourth-order valence-electron chi connectivity index (χ4n) is 1.62. The molecule has 0 atom stereocenters. The number of aliphatic carboxylic acids is 1. The summed E-state index contributed by atoms with van der Waals surface area (Å²) in [6.07, 6.45) is -3.61. The van der Waals surface area contributed by atoms with E-state index in [-0.39, 0.29) is 25.1 Å². The lowest BCUT2D eigenvalue weighted by Gasteiger charge is -2.21. The Kier molecular flexibility index (Phi) is 6.14. The molecule has 22 heavy (non-hydrogen) atoms. The summed E-state index contributed by atoms with van der Waals surface area (Å²) >= 11 is 0. The zero-order valence-corrected chi connectivity index (χ0v) is 11.8. The monoisotopic (exact) mass is 320 g/mol. The maximum atomic E-state index is 12.3. The highest BCUT2D eigenvalue weighted by molar-refractivity contribution is 5.96. The van der Waals surface area contributed by atoms with Gasteiger partial charge in [-0.3, -0.25) is 9.59 Å². The van der Waals surface area contributed by atoms with Crippen LogP contribution in [0.5, 0.6) is 5.88 Å². The van der Waals surface area contributed by atoms with E-state index < -0.39 is 30.5 Å². The first kappa shape index (κ1) is 17.7. The van der Waals surface area contributed by atoms with Crippen LogP contribution in [0.25, 0.3) is 0 Å². The molecule has 1 amide bonds. The van der Waals surface area contributed by atoms with E-state index in [0.29, 0.717) is 0 Å². The molecule has 0 aliphatic rings. The molecule has 1 aromatic rings. The second kappa shape index (κ2) is 7.62. The number of carbonyl (C=O) groups excluding carboxylic acids is 1. The van der Waals surface area contributed by atoms with Gasteiger partial charge in [-0.15, -0.1) is 0 Å². The largest absolute Gasteiger partial charge is 0.481 e. The normalized spacial score (nSPS) is 11.1. The quantitative estimate of drug-likeness (QED) is 0.831. The molecule has 1 N–H and O–H groups in total. The maximum Gasteiger partial charge on any atom is 0.422 e. The van der Waals surface area contributed by atoms with Gasteiger partial charge in [-0.05, 0) is 19.1 Å². The molecule has 6 nitrogen and oxygen atoms in total. The van der Waals surface area contributed by atoms with E-state index in [0.717, 1.165) is 0 Å². The van der Waals surface area contributed by atoms with Crippen LogP contribution in [0.3, 0.4) is 0 Å². The molecule has 1 heterocycles. The van der Waals surface area contributed by atoms with Gasteiger partial charge >= 0.3 is 12.1 Å². The van der Waals surface area contributed by atoms with Crippen molar-refractivity contribution in [3.63, 3.8) is 0 Å². The lowest BCUT2D eigenvalue weighted by molar-refractivity contribution is -0.154. The van der Waals surface area contributed by atoms with Gasteiger partial charge in [0, 0.05) is 19.3 Å². The van der Waals surface area contributed by atoms with Gasteiger partial charge in [0.05, 0.1) is 6.42 Å². The Morgan fingerprint density at radius 1 is 1.41 bits per heavy atom. The van der Waals surface area contributed by atoms with Crippen molar-refractivity contribution in [3.05, 3.63) is 23.9 Å². The van der Waals surface area contributed by atoms with Crippen molar-refractivity contribution in [2.45, 2.75) is 19.5 Å². The van der Waals surface area contributed by atoms with Gasteiger partial charge in [-0.1, -0.05) is 0 Å². The van der Waals surface area contributed by atoms with Crippen LogP contribution in [-0.4, -0.2) is 52.7 Å². The minimum Gasteiger partial charge on any atom is -0.481 e. The summed E-state index contributed by atoms with van der Waals surface area (Å²) in [7, 11) is 0. The van der Waals surface area contributed by atoms with Gasteiger partial charge in [-0.25, -0.2) is 4.98 Å². The Labute approximate surface area is 124 Å². The third-order valence-electron chi connectivity index (χ3n) is 2.64. The minimum atomic E-state index is -4.55. The van der Waals surface area contributed by atoms with Gasteiger partial charge in [-0.2, -0.15) is 13.2 Å². The summed E-state index contributed by atoms with van der Waals surface area (Å²) in [6, 6.07) is 2.67.